The van der Waals surface area contributed by atoms with E-state index in [9.17, 15) is 4.79 Å². The standard InChI is InChI=1S/C15H30O5/c1-11(9-17-14(3,4)5)19-13(16)20-12(2)10-18-15(6,7)8/h11-12H,9-10H2,1-8H3. The molecule has 0 heterocycles. The van der Waals surface area contributed by atoms with Crippen molar-refractivity contribution in [2.75, 3.05) is 13.2 Å². The van der Waals surface area contributed by atoms with Gasteiger partial charge in [-0.1, -0.05) is 0 Å². The Bertz CT molecular complexity index is 260. The quantitative estimate of drug-likeness (QED) is 0.700. The smallest absolute Gasteiger partial charge is 0.429 e. The third-order valence-corrected chi connectivity index (χ3v) is 2.10. The fourth-order valence-corrected chi connectivity index (χ4v) is 1.16. The molecule has 0 saturated heterocycles. The van der Waals surface area contributed by atoms with Crippen molar-refractivity contribution in [3.63, 3.8) is 0 Å². The molecular weight excluding hydrogens is 260 g/mol. The van der Waals surface area contributed by atoms with Crippen LogP contribution in [0, 0.1) is 0 Å². The molecule has 2 unspecified atom stereocenters. The molecule has 20 heavy (non-hydrogen) atoms. The molecule has 0 aliphatic carbocycles. The fourth-order valence-electron chi connectivity index (χ4n) is 1.16. The second-order valence-corrected chi connectivity index (χ2v) is 6.95. The van der Waals surface area contributed by atoms with Gasteiger partial charge >= 0.3 is 6.16 Å². The zero-order valence-electron chi connectivity index (χ0n) is 14.1. The Labute approximate surface area is 122 Å². The molecular formula is C15H30O5. The van der Waals surface area contributed by atoms with Gasteiger partial charge in [-0.25, -0.2) is 4.79 Å². The first-order valence-electron chi connectivity index (χ1n) is 7.04. The number of hydrogen-bond acceptors (Lipinski definition) is 5. The molecule has 0 rings (SSSR count). The number of carbonyl (C=O) groups excluding carboxylic acids is 1. The average molecular weight is 290 g/mol. The number of hydrogen-bond donors (Lipinski definition) is 0. The van der Waals surface area contributed by atoms with Gasteiger partial charge in [-0.3, -0.25) is 0 Å². The van der Waals surface area contributed by atoms with Crippen molar-refractivity contribution in [2.24, 2.45) is 0 Å². The van der Waals surface area contributed by atoms with Crippen LogP contribution in [0.3, 0.4) is 0 Å². The predicted molar refractivity (Wildman–Crippen MR) is 77.9 cm³/mol. The lowest BCUT2D eigenvalue weighted by atomic mass is 10.2. The van der Waals surface area contributed by atoms with Crippen LogP contribution in [0.2, 0.25) is 0 Å². The number of carbonyl (C=O) groups is 1. The highest BCUT2D eigenvalue weighted by Crippen LogP contribution is 2.10. The molecule has 0 aliphatic heterocycles. The lowest BCUT2D eigenvalue weighted by Crippen LogP contribution is -2.31. The van der Waals surface area contributed by atoms with E-state index in [4.69, 9.17) is 18.9 Å². The Morgan fingerprint density at radius 2 is 1.10 bits per heavy atom. The summed E-state index contributed by atoms with van der Waals surface area (Å²) in [7, 11) is 0. The van der Waals surface area contributed by atoms with E-state index in [1.165, 1.54) is 0 Å². The topological polar surface area (TPSA) is 54.0 Å². The van der Waals surface area contributed by atoms with Gasteiger partial charge in [-0.15, -0.1) is 0 Å². The Morgan fingerprint density at radius 1 is 0.800 bits per heavy atom. The average Bonchev–Trinajstić information content (AvgIpc) is 2.21. The molecule has 2 atom stereocenters. The zero-order chi connectivity index (χ0) is 16.0. The van der Waals surface area contributed by atoms with Gasteiger partial charge in [0.2, 0.25) is 0 Å². The second kappa shape index (κ2) is 7.84. The summed E-state index contributed by atoms with van der Waals surface area (Å²) in [5.41, 5.74) is -0.509. The Kier molecular flexibility index (Phi) is 7.52. The highest BCUT2D eigenvalue weighted by Gasteiger charge is 2.19. The molecule has 0 N–H and O–H groups in total. The predicted octanol–water partition coefficient (Wildman–Crippen LogP) is 3.55. The number of ether oxygens (including phenoxy) is 4. The molecule has 0 fully saturated rings. The summed E-state index contributed by atoms with van der Waals surface area (Å²) in [6.07, 6.45) is -1.39. The summed E-state index contributed by atoms with van der Waals surface area (Å²) in [4.78, 5) is 11.6. The molecule has 120 valence electrons. The van der Waals surface area contributed by atoms with Gasteiger partial charge in [0, 0.05) is 0 Å². The molecule has 0 spiro atoms. The van der Waals surface area contributed by atoms with Gasteiger partial charge in [-0.2, -0.15) is 0 Å². The van der Waals surface area contributed by atoms with Crippen molar-refractivity contribution in [3.8, 4) is 0 Å². The van der Waals surface area contributed by atoms with E-state index >= 15 is 0 Å². The van der Waals surface area contributed by atoms with E-state index in [0.29, 0.717) is 13.2 Å². The lowest BCUT2D eigenvalue weighted by Gasteiger charge is -2.24. The van der Waals surface area contributed by atoms with E-state index < -0.39 is 6.16 Å². The van der Waals surface area contributed by atoms with Gasteiger partial charge in [0.05, 0.1) is 24.4 Å². The first-order chi connectivity index (χ1) is 8.89. The molecule has 0 aromatic carbocycles. The summed E-state index contributed by atoms with van der Waals surface area (Å²) >= 11 is 0. The van der Waals surface area contributed by atoms with Gasteiger partial charge in [0.1, 0.15) is 12.2 Å². The second-order valence-electron chi connectivity index (χ2n) is 6.95. The molecule has 0 amide bonds. The van der Waals surface area contributed by atoms with Crippen LogP contribution in [0.1, 0.15) is 55.4 Å². The minimum Gasteiger partial charge on any atom is -0.429 e. The van der Waals surface area contributed by atoms with Crippen molar-refractivity contribution in [2.45, 2.75) is 78.8 Å². The Morgan fingerprint density at radius 3 is 1.35 bits per heavy atom. The monoisotopic (exact) mass is 290 g/mol. The highest BCUT2D eigenvalue weighted by molar-refractivity contribution is 5.60. The van der Waals surface area contributed by atoms with Gasteiger partial charge in [0.25, 0.3) is 0 Å². The maximum atomic E-state index is 11.6. The van der Waals surface area contributed by atoms with E-state index in [1.54, 1.807) is 13.8 Å². The van der Waals surface area contributed by atoms with Crippen molar-refractivity contribution >= 4 is 6.16 Å². The summed E-state index contributed by atoms with van der Waals surface area (Å²) in [5, 5.41) is 0. The largest absolute Gasteiger partial charge is 0.508 e. The van der Waals surface area contributed by atoms with Crippen molar-refractivity contribution in [3.05, 3.63) is 0 Å². The van der Waals surface area contributed by atoms with Crippen LogP contribution in [0.25, 0.3) is 0 Å². The number of rotatable bonds is 6. The summed E-state index contributed by atoms with van der Waals surface area (Å²) in [6.45, 7) is 15.9. The van der Waals surface area contributed by atoms with E-state index in [0.717, 1.165) is 0 Å². The summed E-state index contributed by atoms with van der Waals surface area (Å²) < 4.78 is 21.3. The van der Waals surface area contributed by atoms with Crippen LogP contribution in [0.5, 0.6) is 0 Å². The lowest BCUT2D eigenvalue weighted by molar-refractivity contribution is -0.0825. The Balaban J connectivity index is 3.92. The molecule has 0 saturated carbocycles. The van der Waals surface area contributed by atoms with E-state index in [1.807, 2.05) is 41.5 Å². The normalized spacial score (nSPS) is 15.6. The minimum atomic E-state index is -0.694. The SMILES string of the molecule is CC(COC(C)(C)C)OC(=O)OC(C)COC(C)(C)C. The maximum Gasteiger partial charge on any atom is 0.508 e. The van der Waals surface area contributed by atoms with Crippen molar-refractivity contribution in [1.82, 2.24) is 0 Å². The molecule has 0 radical (unpaired) electrons. The Hall–Kier alpha value is -0.810. The first-order valence-corrected chi connectivity index (χ1v) is 7.04. The van der Waals surface area contributed by atoms with Gasteiger partial charge in [0.15, 0.2) is 0 Å². The van der Waals surface area contributed by atoms with Gasteiger partial charge < -0.3 is 18.9 Å². The van der Waals surface area contributed by atoms with Crippen LogP contribution in [-0.4, -0.2) is 42.8 Å². The molecule has 5 heteroatoms. The van der Waals surface area contributed by atoms with Crippen LogP contribution < -0.4 is 0 Å². The van der Waals surface area contributed by atoms with Crippen LogP contribution in [0.15, 0.2) is 0 Å². The third-order valence-electron chi connectivity index (χ3n) is 2.10. The maximum absolute atomic E-state index is 11.6. The highest BCUT2D eigenvalue weighted by atomic mass is 16.7. The van der Waals surface area contributed by atoms with E-state index in [2.05, 4.69) is 0 Å². The van der Waals surface area contributed by atoms with Crippen LogP contribution in [0.4, 0.5) is 4.79 Å². The third kappa shape index (κ3) is 12.2. The molecule has 0 bridgehead atoms. The fraction of sp³-hybridized carbons (Fsp3) is 0.933. The van der Waals surface area contributed by atoms with Crippen molar-refractivity contribution < 1.29 is 23.7 Å². The zero-order valence-corrected chi connectivity index (χ0v) is 14.1. The van der Waals surface area contributed by atoms with E-state index in [-0.39, 0.29) is 23.4 Å². The first kappa shape index (κ1) is 19.2. The van der Waals surface area contributed by atoms with Crippen LogP contribution >= 0.6 is 0 Å². The van der Waals surface area contributed by atoms with Gasteiger partial charge in [-0.05, 0) is 55.4 Å². The molecule has 5 nitrogen and oxygen atoms in total. The molecule has 0 aromatic rings. The minimum absolute atomic E-state index is 0.255. The summed E-state index contributed by atoms with van der Waals surface area (Å²) in [5.74, 6) is 0. The van der Waals surface area contributed by atoms with Crippen LogP contribution in [-0.2, 0) is 18.9 Å². The molecule has 0 aromatic heterocycles. The summed E-state index contributed by atoms with van der Waals surface area (Å²) in [6, 6.07) is 0. The molecule has 0 aliphatic rings. The van der Waals surface area contributed by atoms with Crippen molar-refractivity contribution in [1.29, 1.82) is 0 Å².